The summed E-state index contributed by atoms with van der Waals surface area (Å²) in [5.74, 6) is -0.255. The van der Waals surface area contributed by atoms with Gasteiger partial charge in [0.25, 0.3) is 5.91 Å². The van der Waals surface area contributed by atoms with E-state index < -0.39 is 11.6 Å². The highest BCUT2D eigenvalue weighted by Gasteiger charge is 2.50. The fraction of sp³-hybridized carbons (Fsp3) is 0.571. The average Bonchev–Trinajstić information content (AvgIpc) is 2.83. The van der Waals surface area contributed by atoms with E-state index in [2.05, 4.69) is 24.5 Å². The van der Waals surface area contributed by atoms with Crippen LogP contribution >= 0.6 is 0 Å². The number of nitrogens with zero attached hydrogens (tertiary/aromatic N) is 1. The molecule has 2 aliphatic rings. The lowest BCUT2D eigenvalue weighted by Crippen LogP contribution is -2.47. The summed E-state index contributed by atoms with van der Waals surface area (Å²) in [5.41, 5.74) is 0.991. The summed E-state index contributed by atoms with van der Waals surface area (Å²) in [4.78, 5) is 38.9. The molecule has 1 saturated heterocycles. The molecule has 1 heterocycles. The van der Waals surface area contributed by atoms with Crippen LogP contribution in [0.5, 0.6) is 0 Å². The number of anilines is 1. The minimum atomic E-state index is -0.810. The van der Waals surface area contributed by atoms with Crippen molar-refractivity contribution >= 4 is 23.5 Å². The Labute approximate surface area is 160 Å². The van der Waals surface area contributed by atoms with Gasteiger partial charge in [0, 0.05) is 5.69 Å². The number of imide groups is 1. The van der Waals surface area contributed by atoms with Gasteiger partial charge in [0.1, 0.15) is 12.1 Å². The summed E-state index contributed by atoms with van der Waals surface area (Å²) in [5, 5.41) is 5.69. The Morgan fingerprint density at radius 1 is 1.15 bits per heavy atom. The summed E-state index contributed by atoms with van der Waals surface area (Å²) in [6, 6.07) is 7.18. The minimum absolute atomic E-state index is 0.250. The molecule has 1 spiro atoms. The van der Waals surface area contributed by atoms with E-state index in [0.29, 0.717) is 24.4 Å². The molecule has 1 aliphatic heterocycles. The third-order valence-electron chi connectivity index (χ3n) is 5.59. The predicted molar refractivity (Wildman–Crippen MR) is 104 cm³/mol. The average molecular weight is 371 g/mol. The maximum atomic E-state index is 13.0. The molecular weight excluding hydrogens is 342 g/mol. The summed E-state index contributed by atoms with van der Waals surface area (Å²) in [6.45, 7) is 3.92. The molecule has 1 aliphatic carbocycles. The number of hydrogen-bond acceptors (Lipinski definition) is 3. The van der Waals surface area contributed by atoms with Crippen LogP contribution in [0.4, 0.5) is 10.5 Å². The van der Waals surface area contributed by atoms with E-state index in [-0.39, 0.29) is 18.4 Å². The van der Waals surface area contributed by atoms with Gasteiger partial charge in [-0.2, -0.15) is 0 Å². The second kappa shape index (κ2) is 8.11. The monoisotopic (exact) mass is 371 g/mol. The van der Waals surface area contributed by atoms with Gasteiger partial charge in [0.15, 0.2) is 0 Å². The van der Waals surface area contributed by atoms with Crippen molar-refractivity contribution in [3.05, 3.63) is 29.8 Å². The number of amides is 4. The predicted octanol–water partition coefficient (Wildman–Crippen LogP) is 3.78. The molecule has 0 bridgehead atoms. The Hall–Kier alpha value is -2.37. The van der Waals surface area contributed by atoms with Crippen LogP contribution in [-0.2, 0) is 9.59 Å². The molecule has 2 N–H and O–H groups in total. The Balaban J connectivity index is 1.66. The lowest BCUT2D eigenvalue weighted by atomic mass is 9.84. The molecule has 27 heavy (non-hydrogen) atoms. The van der Waals surface area contributed by atoms with Crippen molar-refractivity contribution < 1.29 is 14.4 Å². The summed E-state index contributed by atoms with van der Waals surface area (Å²) in [7, 11) is 0. The highest BCUT2D eigenvalue weighted by molar-refractivity contribution is 6.10. The van der Waals surface area contributed by atoms with Gasteiger partial charge < -0.3 is 10.6 Å². The fourth-order valence-electron chi connectivity index (χ4n) is 3.99. The highest BCUT2D eigenvalue weighted by atomic mass is 16.2. The topological polar surface area (TPSA) is 78.5 Å². The van der Waals surface area contributed by atoms with Gasteiger partial charge in [-0.15, -0.1) is 0 Å². The van der Waals surface area contributed by atoms with Crippen molar-refractivity contribution in [1.29, 1.82) is 0 Å². The Morgan fingerprint density at radius 3 is 2.48 bits per heavy atom. The SMILES string of the molecule is CC(C)c1cccc(NC(=O)CN2C(=O)NC3(CCCCCCC3)C2=O)c1. The number of nitrogens with one attached hydrogen (secondary N) is 2. The van der Waals surface area contributed by atoms with Crippen molar-refractivity contribution in [3.63, 3.8) is 0 Å². The van der Waals surface area contributed by atoms with Crippen LogP contribution in [0.15, 0.2) is 24.3 Å². The fourth-order valence-corrected chi connectivity index (χ4v) is 3.99. The molecule has 0 unspecified atom stereocenters. The van der Waals surface area contributed by atoms with E-state index in [1.54, 1.807) is 0 Å². The maximum Gasteiger partial charge on any atom is 0.325 e. The van der Waals surface area contributed by atoms with Crippen LogP contribution in [0.3, 0.4) is 0 Å². The second-order valence-corrected chi connectivity index (χ2v) is 8.00. The van der Waals surface area contributed by atoms with E-state index >= 15 is 0 Å². The van der Waals surface area contributed by atoms with Crippen molar-refractivity contribution in [1.82, 2.24) is 10.2 Å². The summed E-state index contributed by atoms with van der Waals surface area (Å²) in [6.07, 6.45) is 6.51. The van der Waals surface area contributed by atoms with E-state index in [0.717, 1.165) is 36.1 Å². The van der Waals surface area contributed by atoms with Crippen molar-refractivity contribution in [2.45, 2.75) is 70.3 Å². The van der Waals surface area contributed by atoms with Crippen LogP contribution in [0.2, 0.25) is 0 Å². The largest absolute Gasteiger partial charge is 0.325 e. The molecule has 0 atom stereocenters. The number of benzene rings is 1. The van der Waals surface area contributed by atoms with Gasteiger partial charge in [0.2, 0.25) is 5.91 Å². The molecule has 6 nitrogen and oxygen atoms in total. The Bertz CT molecular complexity index is 721. The zero-order valence-electron chi connectivity index (χ0n) is 16.2. The van der Waals surface area contributed by atoms with Gasteiger partial charge in [-0.1, -0.05) is 58.1 Å². The van der Waals surface area contributed by atoms with Gasteiger partial charge in [-0.05, 0) is 36.5 Å². The molecule has 4 amide bonds. The van der Waals surface area contributed by atoms with Crippen molar-refractivity contribution in [2.24, 2.45) is 0 Å². The smallest absolute Gasteiger partial charge is 0.325 e. The third-order valence-corrected chi connectivity index (χ3v) is 5.59. The zero-order valence-corrected chi connectivity index (χ0v) is 16.2. The lowest BCUT2D eigenvalue weighted by Gasteiger charge is -2.28. The first-order chi connectivity index (χ1) is 12.9. The van der Waals surface area contributed by atoms with E-state index in [1.165, 1.54) is 6.42 Å². The van der Waals surface area contributed by atoms with E-state index in [4.69, 9.17) is 0 Å². The van der Waals surface area contributed by atoms with E-state index in [1.807, 2.05) is 24.3 Å². The molecule has 1 aromatic rings. The van der Waals surface area contributed by atoms with Crippen LogP contribution in [0.1, 0.15) is 70.3 Å². The zero-order chi connectivity index (χ0) is 19.4. The first-order valence-electron chi connectivity index (χ1n) is 9.95. The van der Waals surface area contributed by atoms with Crippen LogP contribution in [-0.4, -0.2) is 34.8 Å². The molecule has 146 valence electrons. The maximum absolute atomic E-state index is 13.0. The number of carbonyl (C=O) groups excluding carboxylic acids is 3. The van der Waals surface area contributed by atoms with Crippen LogP contribution in [0, 0.1) is 0 Å². The number of carbonyl (C=O) groups is 3. The summed E-state index contributed by atoms with van der Waals surface area (Å²) >= 11 is 0. The highest BCUT2D eigenvalue weighted by Crippen LogP contribution is 2.32. The quantitative estimate of drug-likeness (QED) is 0.791. The molecule has 0 radical (unpaired) electrons. The van der Waals surface area contributed by atoms with Gasteiger partial charge >= 0.3 is 6.03 Å². The normalized spacial score (nSPS) is 19.7. The van der Waals surface area contributed by atoms with Gasteiger partial charge in [-0.3, -0.25) is 14.5 Å². The van der Waals surface area contributed by atoms with Crippen molar-refractivity contribution in [3.8, 4) is 0 Å². The van der Waals surface area contributed by atoms with Gasteiger partial charge in [0.05, 0.1) is 0 Å². The molecule has 6 heteroatoms. The molecule has 2 fully saturated rings. The molecule has 1 aromatic carbocycles. The van der Waals surface area contributed by atoms with E-state index in [9.17, 15) is 14.4 Å². The lowest BCUT2D eigenvalue weighted by molar-refractivity contribution is -0.134. The molecule has 1 saturated carbocycles. The first kappa shape index (κ1) is 19.4. The first-order valence-corrected chi connectivity index (χ1v) is 9.95. The molecule has 0 aromatic heterocycles. The second-order valence-electron chi connectivity index (χ2n) is 8.00. The molecular formula is C21H29N3O3. The van der Waals surface area contributed by atoms with Crippen LogP contribution < -0.4 is 10.6 Å². The minimum Gasteiger partial charge on any atom is -0.325 e. The third kappa shape index (κ3) is 4.31. The number of rotatable bonds is 4. The standard InChI is InChI=1S/C21H29N3O3/c1-15(2)16-9-8-10-17(13-16)22-18(25)14-24-19(26)21(23-20(24)27)11-6-4-3-5-7-12-21/h8-10,13,15H,3-7,11-12,14H2,1-2H3,(H,22,25)(H,23,27). The van der Waals surface area contributed by atoms with Crippen LogP contribution in [0.25, 0.3) is 0 Å². The Morgan fingerprint density at radius 2 is 1.81 bits per heavy atom. The van der Waals surface area contributed by atoms with Gasteiger partial charge in [-0.25, -0.2) is 4.79 Å². The molecule has 3 rings (SSSR count). The number of urea groups is 1. The number of hydrogen-bond donors (Lipinski definition) is 2. The Kier molecular flexibility index (Phi) is 5.82. The van der Waals surface area contributed by atoms with Crippen molar-refractivity contribution in [2.75, 3.05) is 11.9 Å². The summed E-state index contributed by atoms with van der Waals surface area (Å²) < 4.78 is 0.